The number of aryl methyl sites for hydroxylation is 1. The Labute approximate surface area is 144 Å². The van der Waals surface area contributed by atoms with Crippen molar-refractivity contribution in [2.75, 3.05) is 36.0 Å². The highest BCUT2D eigenvalue weighted by Crippen LogP contribution is 2.23. The predicted molar refractivity (Wildman–Crippen MR) is 94.7 cm³/mol. The van der Waals surface area contributed by atoms with Gasteiger partial charge in [-0.3, -0.25) is 0 Å². The second-order valence-corrected chi connectivity index (χ2v) is 6.52. The van der Waals surface area contributed by atoms with E-state index in [9.17, 15) is 5.26 Å². The molecule has 0 bridgehead atoms. The van der Waals surface area contributed by atoms with E-state index in [0.717, 1.165) is 48.7 Å². The summed E-state index contributed by atoms with van der Waals surface area (Å²) in [6.45, 7) is 5.65. The van der Waals surface area contributed by atoms with Crippen LogP contribution < -0.4 is 9.80 Å². The van der Waals surface area contributed by atoms with E-state index in [4.69, 9.17) is 0 Å². The third-order valence-corrected chi connectivity index (χ3v) is 4.45. The van der Waals surface area contributed by atoms with Gasteiger partial charge in [-0.1, -0.05) is 0 Å². The molecule has 0 atom stereocenters. The number of hydrogen-bond donors (Lipinski definition) is 0. The maximum atomic E-state index is 9.27. The standard InChI is InChI=1S/C17H18BrN5/c1-13-10-15(18)12-21-16(13)22-6-3-7-23(9-8-22)17-14(11-19)4-2-5-20-17/h2,4-5,10,12H,3,6-9H2,1H3. The summed E-state index contributed by atoms with van der Waals surface area (Å²) in [7, 11) is 0. The van der Waals surface area contributed by atoms with Crippen molar-refractivity contribution in [3.8, 4) is 6.07 Å². The molecule has 1 aliphatic rings. The zero-order valence-corrected chi connectivity index (χ0v) is 14.6. The molecule has 1 saturated heterocycles. The highest BCUT2D eigenvalue weighted by Gasteiger charge is 2.20. The Morgan fingerprint density at radius 2 is 1.87 bits per heavy atom. The van der Waals surface area contributed by atoms with Crippen molar-refractivity contribution in [2.45, 2.75) is 13.3 Å². The average Bonchev–Trinajstić information content (AvgIpc) is 2.81. The van der Waals surface area contributed by atoms with Crippen LogP contribution in [0.3, 0.4) is 0 Å². The molecule has 1 aliphatic heterocycles. The summed E-state index contributed by atoms with van der Waals surface area (Å²) in [5.41, 5.74) is 1.81. The number of halogens is 1. The molecule has 0 aliphatic carbocycles. The molecule has 0 saturated carbocycles. The molecule has 6 heteroatoms. The van der Waals surface area contributed by atoms with Crippen molar-refractivity contribution in [3.63, 3.8) is 0 Å². The number of aromatic nitrogens is 2. The molecule has 2 aromatic heterocycles. The number of nitriles is 1. The molecule has 0 N–H and O–H groups in total. The van der Waals surface area contributed by atoms with Crippen LogP contribution in [0.5, 0.6) is 0 Å². The van der Waals surface area contributed by atoms with Gasteiger partial charge < -0.3 is 9.80 Å². The zero-order valence-electron chi connectivity index (χ0n) is 13.0. The van der Waals surface area contributed by atoms with Gasteiger partial charge in [0.15, 0.2) is 0 Å². The van der Waals surface area contributed by atoms with Gasteiger partial charge in [0.25, 0.3) is 0 Å². The maximum absolute atomic E-state index is 9.27. The van der Waals surface area contributed by atoms with E-state index < -0.39 is 0 Å². The van der Waals surface area contributed by atoms with E-state index >= 15 is 0 Å². The molecule has 0 aromatic carbocycles. The molecule has 0 radical (unpaired) electrons. The van der Waals surface area contributed by atoms with Gasteiger partial charge in [-0.25, -0.2) is 9.97 Å². The summed E-state index contributed by atoms with van der Waals surface area (Å²) in [5.74, 6) is 1.83. The van der Waals surface area contributed by atoms with Crippen molar-refractivity contribution in [3.05, 3.63) is 46.2 Å². The van der Waals surface area contributed by atoms with Crippen LogP contribution in [0, 0.1) is 18.3 Å². The summed E-state index contributed by atoms with van der Waals surface area (Å²) in [6, 6.07) is 7.96. The summed E-state index contributed by atoms with van der Waals surface area (Å²) >= 11 is 3.46. The molecule has 0 spiro atoms. The topological polar surface area (TPSA) is 56.1 Å². The van der Waals surface area contributed by atoms with E-state index in [1.807, 2.05) is 12.3 Å². The Morgan fingerprint density at radius 1 is 1.13 bits per heavy atom. The first-order chi connectivity index (χ1) is 11.2. The maximum Gasteiger partial charge on any atom is 0.146 e. The van der Waals surface area contributed by atoms with Crippen LogP contribution in [0.25, 0.3) is 0 Å². The van der Waals surface area contributed by atoms with Crippen molar-refractivity contribution >= 4 is 27.6 Å². The summed E-state index contributed by atoms with van der Waals surface area (Å²) < 4.78 is 1.00. The van der Waals surface area contributed by atoms with Crippen LogP contribution in [-0.2, 0) is 0 Å². The number of nitrogens with zero attached hydrogens (tertiary/aromatic N) is 5. The van der Waals surface area contributed by atoms with Crippen LogP contribution in [0.2, 0.25) is 0 Å². The highest BCUT2D eigenvalue weighted by molar-refractivity contribution is 9.10. The molecular formula is C17H18BrN5. The summed E-state index contributed by atoms with van der Waals surface area (Å²) in [5, 5.41) is 9.27. The van der Waals surface area contributed by atoms with Crippen LogP contribution in [0.15, 0.2) is 35.1 Å². The van der Waals surface area contributed by atoms with Gasteiger partial charge >= 0.3 is 0 Å². The first-order valence-corrected chi connectivity index (χ1v) is 8.45. The smallest absolute Gasteiger partial charge is 0.146 e. The third kappa shape index (κ3) is 3.45. The lowest BCUT2D eigenvalue weighted by Crippen LogP contribution is -2.32. The summed E-state index contributed by atoms with van der Waals surface area (Å²) in [6.07, 6.45) is 4.61. The fourth-order valence-electron chi connectivity index (χ4n) is 2.94. The number of pyridine rings is 2. The molecule has 3 heterocycles. The Morgan fingerprint density at radius 3 is 2.57 bits per heavy atom. The second-order valence-electron chi connectivity index (χ2n) is 5.61. The summed E-state index contributed by atoms with van der Waals surface area (Å²) in [4.78, 5) is 13.5. The number of rotatable bonds is 2. The van der Waals surface area contributed by atoms with Gasteiger partial charge in [0.1, 0.15) is 17.7 Å². The lowest BCUT2D eigenvalue weighted by molar-refractivity contribution is 0.791. The van der Waals surface area contributed by atoms with Crippen molar-refractivity contribution in [1.82, 2.24) is 9.97 Å². The van der Waals surface area contributed by atoms with E-state index in [0.29, 0.717) is 5.56 Å². The fourth-order valence-corrected chi connectivity index (χ4v) is 3.39. The van der Waals surface area contributed by atoms with Crippen LogP contribution in [-0.4, -0.2) is 36.1 Å². The fraction of sp³-hybridized carbons (Fsp3) is 0.353. The molecule has 2 aromatic rings. The highest BCUT2D eigenvalue weighted by atomic mass is 79.9. The molecule has 23 heavy (non-hydrogen) atoms. The predicted octanol–water partition coefficient (Wildman–Crippen LogP) is 3.14. The number of anilines is 2. The molecule has 0 amide bonds. The van der Waals surface area contributed by atoms with Crippen LogP contribution in [0.4, 0.5) is 11.6 Å². The lowest BCUT2D eigenvalue weighted by atomic mass is 10.2. The van der Waals surface area contributed by atoms with Gasteiger partial charge in [0.05, 0.1) is 5.56 Å². The van der Waals surface area contributed by atoms with Gasteiger partial charge in [-0.15, -0.1) is 0 Å². The Hall–Kier alpha value is -2.13. The van der Waals surface area contributed by atoms with Crippen molar-refractivity contribution < 1.29 is 0 Å². The van der Waals surface area contributed by atoms with Crippen LogP contribution >= 0.6 is 15.9 Å². The third-order valence-electron chi connectivity index (χ3n) is 4.02. The van der Waals surface area contributed by atoms with E-state index in [1.54, 1.807) is 12.3 Å². The lowest BCUT2D eigenvalue weighted by Gasteiger charge is -2.25. The minimum atomic E-state index is 0.638. The molecular weight excluding hydrogens is 354 g/mol. The number of hydrogen-bond acceptors (Lipinski definition) is 5. The normalized spacial score (nSPS) is 15.2. The Kier molecular flexibility index (Phi) is 4.77. The van der Waals surface area contributed by atoms with Gasteiger partial charge in [0.2, 0.25) is 0 Å². The quantitative estimate of drug-likeness (QED) is 0.811. The first-order valence-electron chi connectivity index (χ1n) is 7.66. The SMILES string of the molecule is Cc1cc(Br)cnc1N1CCCN(c2ncccc2C#N)CC1. The average molecular weight is 372 g/mol. The van der Waals surface area contributed by atoms with Gasteiger partial charge in [-0.05, 0) is 53.0 Å². The molecule has 1 fully saturated rings. The van der Waals surface area contributed by atoms with Crippen molar-refractivity contribution in [2.24, 2.45) is 0 Å². The minimum absolute atomic E-state index is 0.638. The molecule has 5 nitrogen and oxygen atoms in total. The van der Waals surface area contributed by atoms with Crippen molar-refractivity contribution in [1.29, 1.82) is 5.26 Å². The molecule has 0 unspecified atom stereocenters. The second kappa shape index (κ2) is 6.97. The molecule has 118 valence electrons. The molecule has 3 rings (SSSR count). The Balaban J connectivity index is 1.78. The minimum Gasteiger partial charge on any atom is -0.355 e. The van der Waals surface area contributed by atoms with Gasteiger partial charge in [0, 0.05) is 43.0 Å². The Bertz CT molecular complexity index is 740. The van der Waals surface area contributed by atoms with E-state index in [2.05, 4.69) is 54.8 Å². The zero-order chi connectivity index (χ0) is 16.2. The van der Waals surface area contributed by atoms with Crippen LogP contribution in [0.1, 0.15) is 17.5 Å². The van der Waals surface area contributed by atoms with Gasteiger partial charge in [-0.2, -0.15) is 5.26 Å². The van der Waals surface area contributed by atoms with E-state index in [-0.39, 0.29) is 0 Å². The monoisotopic (exact) mass is 371 g/mol. The first kappa shape index (κ1) is 15.8. The van der Waals surface area contributed by atoms with E-state index in [1.165, 1.54) is 5.56 Å². The largest absolute Gasteiger partial charge is 0.355 e.